The summed E-state index contributed by atoms with van der Waals surface area (Å²) in [5, 5.41) is 0.809. The molecule has 2 rings (SSSR count). The van der Waals surface area contributed by atoms with Crippen molar-refractivity contribution in [1.29, 1.82) is 0 Å². The lowest BCUT2D eigenvalue weighted by atomic mass is 9.92. The number of halogens is 1. The molecule has 0 saturated carbocycles. The summed E-state index contributed by atoms with van der Waals surface area (Å²) in [6.07, 6.45) is 0. The van der Waals surface area contributed by atoms with E-state index in [1.54, 1.807) is 0 Å². The third-order valence-electron chi connectivity index (χ3n) is 2.54. The second-order valence-electron chi connectivity index (χ2n) is 5.02. The molecule has 0 amide bonds. The number of carbonyl (C=O) groups excluding carboxylic acids is 1. The zero-order valence-electron chi connectivity index (χ0n) is 10.7. The van der Waals surface area contributed by atoms with E-state index in [4.69, 9.17) is 0 Å². The maximum Gasteiger partial charge on any atom is 0.166 e. The molecule has 0 aliphatic heterocycles. The van der Waals surface area contributed by atoms with Crippen molar-refractivity contribution in [2.75, 3.05) is 5.75 Å². The number of imidazole rings is 1. The van der Waals surface area contributed by atoms with Crippen LogP contribution in [0.1, 0.15) is 20.8 Å². The van der Waals surface area contributed by atoms with Gasteiger partial charge in [0.2, 0.25) is 0 Å². The van der Waals surface area contributed by atoms with Crippen molar-refractivity contribution in [1.82, 2.24) is 9.97 Å². The smallest absolute Gasteiger partial charge is 0.166 e. The van der Waals surface area contributed by atoms with Gasteiger partial charge in [0, 0.05) is 5.41 Å². The second kappa shape index (κ2) is 5.89. The number of Topliss-reactive ketones (excluding diaryl/α,β-unsaturated/α-hetero) is 1. The van der Waals surface area contributed by atoms with Gasteiger partial charge in [0.25, 0.3) is 0 Å². The van der Waals surface area contributed by atoms with Crippen LogP contribution in [0.15, 0.2) is 29.4 Å². The maximum atomic E-state index is 11.8. The average molecular weight is 329 g/mol. The minimum Gasteiger partial charge on any atom is -0.333 e. The molecule has 0 aliphatic carbocycles. The Kier molecular flexibility index (Phi) is 4.99. The van der Waals surface area contributed by atoms with Gasteiger partial charge in [0.15, 0.2) is 5.16 Å². The number of carbonyl (C=O) groups is 1. The van der Waals surface area contributed by atoms with Gasteiger partial charge >= 0.3 is 0 Å². The molecule has 18 heavy (non-hydrogen) atoms. The number of hydrogen-bond acceptors (Lipinski definition) is 3. The first-order chi connectivity index (χ1) is 7.97. The molecule has 1 N–H and O–H groups in total. The van der Waals surface area contributed by atoms with Gasteiger partial charge in [-0.15, -0.1) is 17.0 Å². The van der Waals surface area contributed by atoms with E-state index in [0.29, 0.717) is 5.75 Å². The number of nitrogens with zero attached hydrogens (tertiary/aromatic N) is 1. The topological polar surface area (TPSA) is 45.8 Å². The highest BCUT2D eigenvalue weighted by molar-refractivity contribution is 8.93. The van der Waals surface area contributed by atoms with E-state index in [1.165, 1.54) is 11.8 Å². The summed E-state index contributed by atoms with van der Waals surface area (Å²) in [7, 11) is 0. The summed E-state index contributed by atoms with van der Waals surface area (Å²) < 4.78 is 0. The molecule has 1 aromatic carbocycles. The molecular weight excluding hydrogens is 312 g/mol. The molecule has 0 atom stereocenters. The predicted molar refractivity (Wildman–Crippen MR) is 81.6 cm³/mol. The largest absolute Gasteiger partial charge is 0.333 e. The standard InChI is InChI=1S/C13H16N2OS.BrH/c1-13(2,3)11(16)8-17-12-14-9-6-4-5-7-10(9)15-12;/h4-7H,8H2,1-3H3,(H,14,15);1H. The molecule has 0 spiro atoms. The molecular formula is C13H17BrN2OS. The van der Waals surface area contributed by atoms with Gasteiger partial charge in [-0.2, -0.15) is 0 Å². The van der Waals surface area contributed by atoms with Crippen LogP contribution in [0.4, 0.5) is 0 Å². The Bertz CT molecular complexity index is 512. The predicted octanol–water partition coefficient (Wildman–Crippen LogP) is 3.85. The van der Waals surface area contributed by atoms with Crippen molar-refractivity contribution in [3.63, 3.8) is 0 Å². The lowest BCUT2D eigenvalue weighted by Gasteiger charge is -2.15. The Labute approximate surface area is 122 Å². The van der Waals surface area contributed by atoms with Gasteiger partial charge in [0.05, 0.1) is 16.8 Å². The van der Waals surface area contributed by atoms with E-state index in [1.807, 2.05) is 45.0 Å². The van der Waals surface area contributed by atoms with Gasteiger partial charge in [-0.1, -0.05) is 44.7 Å². The summed E-state index contributed by atoms with van der Waals surface area (Å²) in [5.41, 5.74) is 1.68. The van der Waals surface area contributed by atoms with E-state index < -0.39 is 0 Å². The highest BCUT2D eigenvalue weighted by Crippen LogP contribution is 2.23. The first-order valence-electron chi connectivity index (χ1n) is 5.58. The number of benzene rings is 1. The monoisotopic (exact) mass is 328 g/mol. The fourth-order valence-corrected chi connectivity index (χ4v) is 2.39. The van der Waals surface area contributed by atoms with Crippen LogP contribution in [-0.2, 0) is 4.79 Å². The number of aromatic amines is 1. The minimum atomic E-state index is -0.279. The number of ketones is 1. The van der Waals surface area contributed by atoms with Gasteiger partial charge in [-0.25, -0.2) is 4.98 Å². The number of hydrogen-bond donors (Lipinski definition) is 1. The summed E-state index contributed by atoms with van der Waals surface area (Å²) in [6, 6.07) is 7.87. The third-order valence-corrected chi connectivity index (χ3v) is 3.42. The van der Waals surface area contributed by atoms with Gasteiger partial charge in [0.1, 0.15) is 5.78 Å². The number of fused-ring (bicyclic) bond motifs is 1. The second-order valence-corrected chi connectivity index (χ2v) is 5.99. The number of aromatic nitrogens is 2. The molecule has 98 valence electrons. The number of para-hydroxylation sites is 2. The Hall–Kier alpha value is -0.810. The van der Waals surface area contributed by atoms with Crippen LogP contribution in [-0.4, -0.2) is 21.5 Å². The molecule has 3 nitrogen and oxygen atoms in total. The van der Waals surface area contributed by atoms with Crippen LogP contribution in [0.25, 0.3) is 11.0 Å². The molecule has 0 unspecified atom stereocenters. The third kappa shape index (κ3) is 3.59. The SMILES string of the molecule is Br.CC(C)(C)C(=O)CSc1nc2ccccc2[nH]1. The van der Waals surface area contributed by atoms with Crippen molar-refractivity contribution >= 4 is 45.6 Å². The van der Waals surface area contributed by atoms with Gasteiger partial charge < -0.3 is 4.98 Å². The molecule has 5 heteroatoms. The molecule has 0 bridgehead atoms. The minimum absolute atomic E-state index is 0. The molecule has 1 heterocycles. The van der Waals surface area contributed by atoms with Crippen molar-refractivity contribution in [3.8, 4) is 0 Å². The number of H-pyrrole nitrogens is 1. The van der Waals surface area contributed by atoms with Crippen LogP contribution < -0.4 is 0 Å². The van der Waals surface area contributed by atoms with E-state index in [-0.39, 0.29) is 28.2 Å². The van der Waals surface area contributed by atoms with Crippen LogP contribution in [0, 0.1) is 5.41 Å². The summed E-state index contributed by atoms with van der Waals surface area (Å²) >= 11 is 1.46. The number of thioether (sulfide) groups is 1. The Balaban J connectivity index is 0.00000162. The summed E-state index contributed by atoms with van der Waals surface area (Å²) in [5.74, 6) is 0.700. The first kappa shape index (κ1) is 15.2. The van der Waals surface area contributed by atoms with Gasteiger partial charge in [-0.05, 0) is 12.1 Å². The van der Waals surface area contributed by atoms with Crippen LogP contribution >= 0.6 is 28.7 Å². The van der Waals surface area contributed by atoms with Crippen LogP contribution in [0.3, 0.4) is 0 Å². The Morgan fingerprint density at radius 2 is 2.00 bits per heavy atom. The number of rotatable bonds is 3. The van der Waals surface area contributed by atoms with E-state index in [2.05, 4.69) is 9.97 Å². The van der Waals surface area contributed by atoms with Gasteiger partial charge in [-0.3, -0.25) is 4.79 Å². The number of nitrogens with one attached hydrogen (secondary N) is 1. The van der Waals surface area contributed by atoms with Crippen molar-refractivity contribution < 1.29 is 4.79 Å². The summed E-state index contributed by atoms with van der Waals surface area (Å²) in [6.45, 7) is 5.82. The average Bonchev–Trinajstić information content (AvgIpc) is 2.66. The van der Waals surface area contributed by atoms with Crippen LogP contribution in [0.2, 0.25) is 0 Å². The normalized spacial score (nSPS) is 11.3. The van der Waals surface area contributed by atoms with Crippen molar-refractivity contribution in [2.24, 2.45) is 5.41 Å². The van der Waals surface area contributed by atoms with Crippen molar-refractivity contribution in [3.05, 3.63) is 24.3 Å². The highest BCUT2D eigenvalue weighted by Gasteiger charge is 2.21. The molecule has 0 aliphatic rings. The molecule has 1 aromatic heterocycles. The maximum absolute atomic E-state index is 11.8. The fourth-order valence-electron chi connectivity index (χ4n) is 1.35. The zero-order chi connectivity index (χ0) is 12.5. The molecule has 2 aromatic rings. The quantitative estimate of drug-likeness (QED) is 0.870. The molecule has 0 fully saturated rings. The first-order valence-corrected chi connectivity index (χ1v) is 6.56. The molecule has 0 radical (unpaired) electrons. The fraction of sp³-hybridized carbons (Fsp3) is 0.385. The molecule has 0 saturated heterocycles. The lowest BCUT2D eigenvalue weighted by molar-refractivity contribution is -0.123. The van der Waals surface area contributed by atoms with E-state index >= 15 is 0 Å². The van der Waals surface area contributed by atoms with E-state index in [9.17, 15) is 4.79 Å². The Morgan fingerprint density at radius 1 is 1.33 bits per heavy atom. The zero-order valence-corrected chi connectivity index (χ0v) is 13.2. The van der Waals surface area contributed by atoms with Crippen molar-refractivity contribution in [2.45, 2.75) is 25.9 Å². The van der Waals surface area contributed by atoms with Crippen LogP contribution in [0.5, 0.6) is 0 Å². The lowest BCUT2D eigenvalue weighted by Crippen LogP contribution is -2.22. The highest BCUT2D eigenvalue weighted by atomic mass is 79.9. The Morgan fingerprint density at radius 3 is 2.61 bits per heavy atom. The summed E-state index contributed by atoms with van der Waals surface area (Å²) in [4.78, 5) is 19.4. The van der Waals surface area contributed by atoms with E-state index in [0.717, 1.165) is 16.2 Å².